The van der Waals surface area contributed by atoms with Crippen LogP contribution in [0.25, 0.3) is 60.2 Å². The molecule has 2 N–H and O–H groups in total. The minimum Gasteiger partial charge on any atom is -0.506 e. The van der Waals surface area contributed by atoms with Crippen LogP contribution in [-0.4, -0.2) is 28.0 Å². The molecule has 10 rings (SSSR count). The molecule has 0 fully saturated rings. The van der Waals surface area contributed by atoms with Crippen LogP contribution in [-0.2, 0) is 21.7 Å². The number of aromatic nitrogens is 1. The number of aromatic hydroxyl groups is 2. The van der Waals surface area contributed by atoms with Crippen molar-refractivity contribution < 1.29 is 28.5 Å². The van der Waals surface area contributed by atoms with Crippen LogP contribution in [0.1, 0.15) is 140 Å². The van der Waals surface area contributed by atoms with Gasteiger partial charge in [-0.25, -0.2) is 8.78 Å². The van der Waals surface area contributed by atoms with E-state index in [1.54, 1.807) is 12.1 Å². The van der Waals surface area contributed by atoms with E-state index in [-0.39, 0.29) is 39.1 Å². The molecule has 9 heteroatoms. The van der Waals surface area contributed by atoms with E-state index >= 15 is 8.78 Å². The minimum atomic E-state index is -0.435. The Bertz CT molecular complexity index is 3490. The number of benzene rings is 6. The van der Waals surface area contributed by atoms with Crippen LogP contribution in [0.4, 0.5) is 8.78 Å². The molecule has 0 unspecified atom stereocenters. The van der Waals surface area contributed by atoms with E-state index in [0.29, 0.717) is 64.8 Å². The molecule has 3 aromatic heterocycles. The number of fused-ring (bicyclic) bond motifs is 6. The quantitative estimate of drug-likeness (QED) is 0.127. The third-order valence-corrected chi connectivity index (χ3v) is 16.8. The molecule has 0 saturated heterocycles. The molecule has 0 spiro atoms. The molecular formula is C65H67F2NO4S2. The molecule has 0 amide bonds. The zero-order chi connectivity index (χ0) is 52.8. The Balaban J connectivity index is 0.865. The highest BCUT2D eigenvalue weighted by molar-refractivity contribution is 7.13. The van der Waals surface area contributed by atoms with Gasteiger partial charge in [0, 0.05) is 49.7 Å². The van der Waals surface area contributed by atoms with Crippen molar-refractivity contribution in [2.75, 3.05) is 13.2 Å². The van der Waals surface area contributed by atoms with Gasteiger partial charge in [0.2, 0.25) is 0 Å². The van der Waals surface area contributed by atoms with Crippen LogP contribution < -0.4 is 9.47 Å². The van der Waals surface area contributed by atoms with Gasteiger partial charge >= 0.3 is 0 Å². The Morgan fingerprint density at radius 3 is 1.31 bits per heavy atom. The first-order chi connectivity index (χ1) is 34.9. The second-order valence-corrected chi connectivity index (χ2v) is 26.0. The van der Waals surface area contributed by atoms with Crippen LogP contribution in [0.5, 0.6) is 23.0 Å². The molecule has 6 aromatic carbocycles. The summed E-state index contributed by atoms with van der Waals surface area (Å²) in [5.41, 5.74) is 13.4. The third-order valence-electron chi connectivity index (χ3n) is 14.8. The largest absolute Gasteiger partial charge is 0.506 e. The second kappa shape index (κ2) is 18.7. The summed E-state index contributed by atoms with van der Waals surface area (Å²) in [5, 5.41) is 30.9. The molecule has 0 radical (unpaired) electrons. The monoisotopic (exact) mass is 1030 g/mol. The molecule has 5 nitrogen and oxygen atoms in total. The van der Waals surface area contributed by atoms with Gasteiger partial charge in [-0.2, -0.15) is 0 Å². The number of nitrogens with zero attached hydrogens (tertiary/aromatic N) is 1. The van der Waals surface area contributed by atoms with E-state index in [2.05, 4.69) is 160 Å². The second-order valence-electron chi connectivity index (χ2n) is 24.2. The van der Waals surface area contributed by atoms with E-state index in [4.69, 9.17) is 9.47 Å². The lowest BCUT2D eigenvalue weighted by atomic mass is 9.83. The van der Waals surface area contributed by atoms with Crippen LogP contribution >= 0.6 is 22.7 Å². The first-order valence-electron chi connectivity index (χ1n) is 25.7. The van der Waals surface area contributed by atoms with Crippen LogP contribution in [0.2, 0.25) is 0 Å². The van der Waals surface area contributed by atoms with Crippen molar-refractivity contribution in [3.63, 3.8) is 0 Å². The van der Waals surface area contributed by atoms with Crippen LogP contribution in [0.15, 0.2) is 120 Å². The van der Waals surface area contributed by atoms with Crippen molar-refractivity contribution in [1.29, 1.82) is 0 Å². The summed E-state index contributed by atoms with van der Waals surface area (Å²) in [6.07, 6.45) is 1.21. The fourth-order valence-corrected chi connectivity index (χ4v) is 12.4. The van der Waals surface area contributed by atoms with Gasteiger partial charge in [0.25, 0.3) is 0 Å². The summed E-state index contributed by atoms with van der Waals surface area (Å²) in [6, 6.07) is 35.5. The van der Waals surface area contributed by atoms with Gasteiger partial charge < -0.3 is 19.7 Å². The number of halogens is 2. The lowest BCUT2D eigenvalue weighted by Crippen LogP contribution is -2.11. The predicted octanol–water partition coefficient (Wildman–Crippen LogP) is 18.5. The molecule has 3 heterocycles. The molecule has 0 bridgehead atoms. The van der Waals surface area contributed by atoms with E-state index < -0.39 is 11.6 Å². The molecule has 0 aliphatic heterocycles. The maximum Gasteiger partial charge on any atom is 0.158 e. The van der Waals surface area contributed by atoms with Gasteiger partial charge in [0.1, 0.15) is 33.9 Å². The Morgan fingerprint density at radius 1 is 0.459 bits per heavy atom. The van der Waals surface area contributed by atoms with E-state index in [9.17, 15) is 10.2 Å². The Kier molecular flexibility index (Phi) is 12.9. The highest BCUT2D eigenvalue weighted by atomic mass is 32.1. The lowest BCUT2D eigenvalue weighted by Gasteiger charge is -2.21. The summed E-state index contributed by atoms with van der Waals surface area (Å²) < 4.78 is 45.0. The van der Waals surface area contributed by atoms with Crippen molar-refractivity contribution >= 4 is 44.5 Å². The SMILES string of the molecule is CC(C)(C)c1ccc2c(c1)-c1cc(C(C)(C)C)ccc1C2c1scc(-c2cc(F)ccc2OCCCCOc2ccc(F)cc2-c2csc(-n3c4ccc(C(C)(C)C)cc4c4cc(C(C)(C)C)ccc43)c2O)c1O. The number of unbranched alkanes of at least 4 members (excludes halogenated alkanes) is 1. The maximum atomic E-state index is 15.1. The van der Waals surface area contributed by atoms with Crippen LogP contribution in [0.3, 0.4) is 0 Å². The Hall–Kier alpha value is -6.42. The molecule has 74 heavy (non-hydrogen) atoms. The number of hydrogen-bond acceptors (Lipinski definition) is 6. The molecule has 0 atom stereocenters. The summed E-state index contributed by atoms with van der Waals surface area (Å²) in [7, 11) is 0. The summed E-state index contributed by atoms with van der Waals surface area (Å²) in [4.78, 5) is 0.808. The predicted molar refractivity (Wildman–Crippen MR) is 305 cm³/mol. The molecule has 1 aliphatic rings. The fraction of sp³-hybridized carbons (Fsp3) is 0.323. The van der Waals surface area contributed by atoms with E-state index in [0.717, 1.165) is 37.8 Å². The van der Waals surface area contributed by atoms with Gasteiger partial charge in [-0.15, -0.1) is 22.7 Å². The van der Waals surface area contributed by atoms with E-state index in [1.165, 1.54) is 80.3 Å². The normalized spacial score (nSPS) is 13.3. The minimum absolute atomic E-state index is 0.0356. The Morgan fingerprint density at radius 2 is 0.865 bits per heavy atom. The number of ether oxygens (including phenoxy) is 2. The first kappa shape index (κ1) is 51.1. The van der Waals surface area contributed by atoms with Crippen molar-refractivity contribution in [3.05, 3.63) is 170 Å². The maximum absolute atomic E-state index is 15.1. The summed E-state index contributed by atoms with van der Waals surface area (Å²) >= 11 is 2.89. The van der Waals surface area contributed by atoms with Gasteiger partial charge in [-0.3, -0.25) is 4.57 Å². The molecular weight excluding hydrogens is 961 g/mol. The molecule has 0 saturated carbocycles. The smallest absolute Gasteiger partial charge is 0.158 e. The average Bonchev–Trinajstić information content (AvgIpc) is 4.08. The first-order valence-corrected chi connectivity index (χ1v) is 27.5. The average molecular weight is 1030 g/mol. The zero-order valence-electron chi connectivity index (χ0n) is 44.7. The molecule has 1 aliphatic carbocycles. The highest BCUT2D eigenvalue weighted by Crippen LogP contribution is 2.56. The van der Waals surface area contributed by atoms with Gasteiger partial charge in [0.15, 0.2) is 5.75 Å². The number of rotatable bonds is 11. The molecule has 382 valence electrons. The number of thiophene rings is 2. The van der Waals surface area contributed by atoms with Gasteiger partial charge in [0.05, 0.1) is 29.1 Å². The Labute approximate surface area is 443 Å². The standard InChI is InChI=1S/C65H67F2NO4S2/c1-62(2,3)37-15-21-43-45(29-37)46-30-38(63(4,5)6)16-22-44(46)57(43)60-58(69)51(35-73-60)49-33-41(66)19-25-55(49)71-27-13-14-28-72-56-26-20-42(67)34-50(56)52-36-74-61(59(52)70)68-53-23-17-39(64(7,8)9)31-47(53)48-32-40(65(10,11)12)18-24-54(48)68/h15-26,29-36,57,69-70H,13-14,27-28H2,1-12H3. The highest BCUT2D eigenvalue weighted by Gasteiger charge is 2.36. The third kappa shape index (κ3) is 9.40. The zero-order valence-corrected chi connectivity index (χ0v) is 46.3. The van der Waals surface area contributed by atoms with Crippen molar-refractivity contribution in [3.8, 4) is 61.4 Å². The van der Waals surface area contributed by atoms with Gasteiger partial charge in [-0.05, 0) is 140 Å². The van der Waals surface area contributed by atoms with Crippen molar-refractivity contribution in [2.24, 2.45) is 0 Å². The number of hydrogen-bond donors (Lipinski definition) is 2. The topological polar surface area (TPSA) is 63.9 Å². The summed E-state index contributed by atoms with van der Waals surface area (Å²) in [6.45, 7) is 27.3. The van der Waals surface area contributed by atoms with Crippen LogP contribution in [0, 0.1) is 11.6 Å². The van der Waals surface area contributed by atoms with Gasteiger partial charge in [-0.1, -0.05) is 132 Å². The summed E-state index contributed by atoms with van der Waals surface area (Å²) in [5.74, 6) is 0.0689. The van der Waals surface area contributed by atoms with Crippen molar-refractivity contribution in [1.82, 2.24) is 4.57 Å². The lowest BCUT2D eigenvalue weighted by molar-refractivity contribution is 0.267. The van der Waals surface area contributed by atoms with Crippen molar-refractivity contribution in [2.45, 2.75) is 124 Å². The fourth-order valence-electron chi connectivity index (χ4n) is 10.3. The van der Waals surface area contributed by atoms with E-state index in [1.807, 2.05) is 10.8 Å². The molecule has 9 aromatic rings.